The predicted molar refractivity (Wildman–Crippen MR) is 66.9 cm³/mol. The molecule has 0 aliphatic heterocycles. The van der Waals surface area contributed by atoms with Crippen molar-refractivity contribution in [3.8, 4) is 0 Å². The molecule has 0 radical (unpaired) electrons. The second kappa shape index (κ2) is 6.39. The summed E-state index contributed by atoms with van der Waals surface area (Å²) >= 11 is 0. The Balaban J connectivity index is 3.02. The van der Waals surface area contributed by atoms with Gasteiger partial charge in [-0.1, -0.05) is 6.07 Å². The van der Waals surface area contributed by atoms with E-state index in [1.54, 1.807) is 0 Å². The first kappa shape index (κ1) is 16.0. The van der Waals surface area contributed by atoms with Crippen molar-refractivity contribution in [1.82, 2.24) is 10.0 Å². The molecular formula is C10H12FN3O5S. The second-order valence-corrected chi connectivity index (χ2v) is 5.40. The van der Waals surface area contributed by atoms with E-state index in [1.165, 1.54) is 7.05 Å². The lowest BCUT2D eigenvalue weighted by molar-refractivity contribution is -0.390. The quantitative estimate of drug-likeness (QED) is 0.573. The van der Waals surface area contributed by atoms with Crippen molar-refractivity contribution in [2.75, 3.05) is 13.6 Å². The number of carbonyl (C=O) groups excluding carboxylic acids is 1. The van der Waals surface area contributed by atoms with Crippen molar-refractivity contribution < 1.29 is 22.5 Å². The first-order chi connectivity index (χ1) is 9.29. The molecule has 0 saturated carbocycles. The summed E-state index contributed by atoms with van der Waals surface area (Å²) in [5.41, 5.74) is -1.13. The van der Waals surface area contributed by atoms with Gasteiger partial charge in [0.05, 0.1) is 4.92 Å². The Labute approximate surface area is 114 Å². The Morgan fingerprint density at radius 1 is 1.45 bits per heavy atom. The highest BCUT2D eigenvalue weighted by atomic mass is 32.2. The van der Waals surface area contributed by atoms with Crippen LogP contribution >= 0.6 is 0 Å². The van der Waals surface area contributed by atoms with Gasteiger partial charge in [-0.25, -0.2) is 13.1 Å². The number of sulfonamides is 1. The highest BCUT2D eigenvalue weighted by Gasteiger charge is 2.29. The first-order valence-corrected chi connectivity index (χ1v) is 6.91. The number of hydrogen-bond acceptors (Lipinski definition) is 5. The number of nitrogens with one attached hydrogen (secondary N) is 2. The number of benzene rings is 1. The average Bonchev–Trinajstić information content (AvgIpc) is 2.37. The minimum atomic E-state index is -4.27. The Hall–Kier alpha value is -2.07. The molecule has 0 aromatic heterocycles. The molecule has 110 valence electrons. The number of nitro benzene ring substituents is 1. The maximum atomic E-state index is 13.3. The third-order valence-electron chi connectivity index (χ3n) is 2.34. The van der Waals surface area contributed by atoms with E-state index in [0.717, 1.165) is 18.2 Å². The van der Waals surface area contributed by atoms with Crippen LogP contribution in [0.5, 0.6) is 0 Å². The fraction of sp³-hybridized carbons (Fsp3) is 0.300. The van der Waals surface area contributed by atoms with Crippen LogP contribution in [0.3, 0.4) is 0 Å². The smallest absolute Gasteiger partial charge is 0.324 e. The number of rotatable bonds is 6. The minimum absolute atomic E-state index is 0.140. The van der Waals surface area contributed by atoms with Gasteiger partial charge >= 0.3 is 5.69 Å². The van der Waals surface area contributed by atoms with Gasteiger partial charge in [-0.2, -0.15) is 4.39 Å². The van der Waals surface area contributed by atoms with Crippen molar-refractivity contribution in [2.24, 2.45) is 0 Å². The zero-order valence-electron chi connectivity index (χ0n) is 10.4. The van der Waals surface area contributed by atoms with E-state index in [2.05, 4.69) is 5.32 Å². The monoisotopic (exact) mass is 305 g/mol. The van der Waals surface area contributed by atoms with E-state index in [-0.39, 0.29) is 13.0 Å². The van der Waals surface area contributed by atoms with Crippen molar-refractivity contribution in [1.29, 1.82) is 0 Å². The molecule has 0 fully saturated rings. The van der Waals surface area contributed by atoms with Gasteiger partial charge in [-0.3, -0.25) is 14.9 Å². The first-order valence-electron chi connectivity index (χ1n) is 5.42. The summed E-state index contributed by atoms with van der Waals surface area (Å²) in [6.45, 7) is -0.254. The SMILES string of the molecule is CNC(=O)CCNS(=O)(=O)c1cccc(F)c1[N+](=O)[O-]. The van der Waals surface area contributed by atoms with Crippen LogP contribution in [0.25, 0.3) is 0 Å². The molecule has 1 aromatic carbocycles. The highest BCUT2D eigenvalue weighted by molar-refractivity contribution is 7.89. The molecule has 2 N–H and O–H groups in total. The molecule has 0 aliphatic rings. The standard InChI is InChI=1S/C10H12FN3O5S/c1-12-9(15)5-6-13-20(18,19)8-4-2-3-7(11)10(8)14(16)17/h2-4,13H,5-6H2,1H3,(H,12,15). The van der Waals surface area contributed by atoms with Crippen molar-refractivity contribution in [3.05, 3.63) is 34.1 Å². The molecular weight excluding hydrogens is 293 g/mol. The van der Waals surface area contributed by atoms with Crippen LogP contribution in [-0.2, 0) is 14.8 Å². The van der Waals surface area contributed by atoms with Gasteiger partial charge in [-0.05, 0) is 12.1 Å². The fourth-order valence-corrected chi connectivity index (χ4v) is 2.60. The van der Waals surface area contributed by atoms with Crippen LogP contribution in [0.15, 0.2) is 23.1 Å². The lowest BCUT2D eigenvalue weighted by Crippen LogP contribution is -2.29. The lowest BCUT2D eigenvalue weighted by atomic mass is 10.3. The Bertz CT molecular complexity index is 632. The molecule has 0 spiro atoms. The topological polar surface area (TPSA) is 118 Å². The van der Waals surface area contributed by atoms with Gasteiger partial charge in [0.1, 0.15) is 0 Å². The van der Waals surface area contributed by atoms with E-state index in [4.69, 9.17) is 0 Å². The van der Waals surface area contributed by atoms with Gasteiger partial charge in [0.2, 0.25) is 21.7 Å². The fourth-order valence-electron chi connectivity index (χ4n) is 1.39. The molecule has 1 rings (SSSR count). The van der Waals surface area contributed by atoms with E-state index in [0.29, 0.717) is 0 Å². The van der Waals surface area contributed by atoms with Crippen molar-refractivity contribution >= 4 is 21.6 Å². The van der Waals surface area contributed by atoms with E-state index in [1.807, 2.05) is 4.72 Å². The molecule has 0 bridgehead atoms. The molecule has 0 saturated heterocycles. The summed E-state index contributed by atoms with van der Waals surface area (Å²) in [6, 6.07) is 2.76. The number of amides is 1. The van der Waals surface area contributed by atoms with Crippen LogP contribution in [0.4, 0.5) is 10.1 Å². The number of hydrogen-bond donors (Lipinski definition) is 2. The third kappa shape index (κ3) is 3.71. The van der Waals surface area contributed by atoms with Crippen LogP contribution in [0, 0.1) is 15.9 Å². The highest BCUT2D eigenvalue weighted by Crippen LogP contribution is 2.26. The van der Waals surface area contributed by atoms with Crippen LogP contribution < -0.4 is 10.0 Å². The van der Waals surface area contributed by atoms with Gasteiger partial charge in [-0.15, -0.1) is 0 Å². The number of nitro groups is 1. The summed E-state index contributed by atoms with van der Waals surface area (Å²) in [7, 11) is -2.89. The summed E-state index contributed by atoms with van der Waals surface area (Å²) in [5.74, 6) is -1.65. The molecule has 0 heterocycles. The predicted octanol–water partition coefficient (Wildman–Crippen LogP) is 0.148. The van der Waals surface area contributed by atoms with Gasteiger partial charge in [0.15, 0.2) is 4.90 Å². The summed E-state index contributed by atoms with van der Waals surface area (Å²) in [6.07, 6.45) is -0.140. The molecule has 0 atom stereocenters. The normalized spacial score (nSPS) is 11.1. The summed E-state index contributed by atoms with van der Waals surface area (Å²) < 4.78 is 39.1. The van der Waals surface area contributed by atoms with E-state index in [9.17, 15) is 27.7 Å². The Morgan fingerprint density at radius 3 is 2.65 bits per heavy atom. The number of nitrogens with zero attached hydrogens (tertiary/aromatic N) is 1. The Morgan fingerprint density at radius 2 is 2.10 bits per heavy atom. The summed E-state index contributed by atoms with van der Waals surface area (Å²) in [5, 5.41) is 13.0. The van der Waals surface area contributed by atoms with Gasteiger partial charge < -0.3 is 5.32 Å². The number of carbonyl (C=O) groups is 1. The maximum Gasteiger partial charge on any atom is 0.324 e. The van der Waals surface area contributed by atoms with Gasteiger partial charge in [0, 0.05) is 20.0 Å². The van der Waals surface area contributed by atoms with Crippen LogP contribution in [-0.4, -0.2) is 32.8 Å². The summed E-state index contributed by atoms with van der Waals surface area (Å²) in [4.78, 5) is 19.8. The number of para-hydroxylation sites is 1. The van der Waals surface area contributed by atoms with Crippen molar-refractivity contribution in [3.63, 3.8) is 0 Å². The van der Waals surface area contributed by atoms with Crippen LogP contribution in [0.1, 0.15) is 6.42 Å². The molecule has 8 nitrogen and oxygen atoms in total. The zero-order chi connectivity index (χ0) is 15.3. The molecule has 1 aromatic rings. The zero-order valence-corrected chi connectivity index (χ0v) is 11.2. The molecule has 10 heteroatoms. The largest absolute Gasteiger partial charge is 0.359 e. The third-order valence-corrected chi connectivity index (χ3v) is 3.84. The molecule has 1 amide bonds. The molecule has 20 heavy (non-hydrogen) atoms. The van der Waals surface area contributed by atoms with E-state index >= 15 is 0 Å². The molecule has 0 aliphatic carbocycles. The number of halogens is 1. The van der Waals surface area contributed by atoms with Crippen molar-refractivity contribution in [2.45, 2.75) is 11.3 Å². The average molecular weight is 305 g/mol. The molecule has 0 unspecified atom stereocenters. The van der Waals surface area contributed by atoms with Gasteiger partial charge in [0.25, 0.3) is 0 Å². The lowest BCUT2D eigenvalue weighted by Gasteiger charge is -2.07. The maximum absolute atomic E-state index is 13.3. The van der Waals surface area contributed by atoms with Crippen LogP contribution in [0.2, 0.25) is 0 Å². The Kier molecular flexibility index (Phi) is 5.11. The minimum Gasteiger partial charge on any atom is -0.359 e. The second-order valence-electron chi connectivity index (χ2n) is 3.66. The van der Waals surface area contributed by atoms with E-state index < -0.39 is 37.3 Å².